The summed E-state index contributed by atoms with van der Waals surface area (Å²) in [7, 11) is 0. The Morgan fingerprint density at radius 1 is 1.26 bits per heavy atom. The maximum Gasteiger partial charge on any atom is 0.245 e. The molecular formula is C17H21N3O3. The second-order valence-corrected chi connectivity index (χ2v) is 5.40. The minimum Gasteiger partial charge on any atom is -0.360 e. The molecule has 2 amide bonds. The van der Waals surface area contributed by atoms with Gasteiger partial charge in [-0.15, -0.1) is 0 Å². The molecule has 2 aromatic rings. The number of nitrogens with one attached hydrogen (secondary N) is 1. The number of nitrogens with zero attached hydrogens (tertiary/aromatic N) is 2. The minimum absolute atomic E-state index is 0.00995. The lowest BCUT2D eigenvalue weighted by atomic mass is 10.1. The van der Waals surface area contributed by atoms with Crippen molar-refractivity contribution in [1.29, 1.82) is 0 Å². The van der Waals surface area contributed by atoms with Crippen molar-refractivity contribution in [2.45, 2.75) is 26.7 Å². The van der Waals surface area contributed by atoms with E-state index in [0.717, 1.165) is 12.8 Å². The summed E-state index contributed by atoms with van der Waals surface area (Å²) in [5.74, 6) is 0.574. The average molecular weight is 315 g/mol. The SMILES string of the molecule is CC(=O)N(CCCc1ccccc1)CC(=O)Nc1cc(C)on1. The van der Waals surface area contributed by atoms with Crippen LogP contribution in [0.25, 0.3) is 0 Å². The molecule has 1 heterocycles. The quantitative estimate of drug-likeness (QED) is 0.851. The molecule has 0 unspecified atom stereocenters. The van der Waals surface area contributed by atoms with Crippen LogP contribution in [0.1, 0.15) is 24.7 Å². The second kappa shape index (κ2) is 8.12. The first-order valence-electron chi connectivity index (χ1n) is 7.57. The van der Waals surface area contributed by atoms with Crippen molar-refractivity contribution in [1.82, 2.24) is 10.1 Å². The van der Waals surface area contributed by atoms with Crippen molar-refractivity contribution in [3.63, 3.8) is 0 Å². The van der Waals surface area contributed by atoms with Gasteiger partial charge in [0.25, 0.3) is 0 Å². The highest BCUT2D eigenvalue weighted by Gasteiger charge is 2.14. The number of hydrogen-bond acceptors (Lipinski definition) is 4. The number of carbonyl (C=O) groups is 2. The van der Waals surface area contributed by atoms with Crippen molar-refractivity contribution in [2.75, 3.05) is 18.4 Å². The van der Waals surface area contributed by atoms with Crippen LogP contribution in [0.3, 0.4) is 0 Å². The predicted octanol–water partition coefficient (Wildman–Crippen LogP) is 2.40. The maximum atomic E-state index is 12.0. The van der Waals surface area contributed by atoms with Crippen LogP contribution in [0.2, 0.25) is 0 Å². The number of amides is 2. The lowest BCUT2D eigenvalue weighted by Gasteiger charge is -2.20. The van der Waals surface area contributed by atoms with E-state index in [2.05, 4.69) is 22.6 Å². The fourth-order valence-electron chi connectivity index (χ4n) is 2.25. The summed E-state index contributed by atoms with van der Waals surface area (Å²) in [4.78, 5) is 25.2. The van der Waals surface area contributed by atoms with Crippen LogP contribution in [-0.2, 0) is 16.0 Å². The minimum atomic E-state index is -0.284. The average Bonchev–Trinajstić information content (AvgIpc) is 2.92. The van der Waals surface area contributed by atoms with Gasteiger partial charge in [-0.05, 0) is 25.3 Å². The van der Waals surface area contributed by atoms with Crippen molar-refractivity contribution < 1.29 is 14.1 Å². The molecule has 0 aliphatic rings. The predicted molar refractivity (Wildman–Crippen MR) is 86.9 cm³/mol. The van der Waals surface area contributed by atoms with E-state index in [0.29, 0.717) is 18.1 Å². The Balaban J connectivity index is 1.81. The van der Waals surface area contributed by atoms with Crippen molar-refractivity contribution >= 4 is 17.6 Å². The maximum absolute atomic E-state index is 12.0. The summed E-state index contributed by atoms with van der Waals surface area (Å²) in [6.07, 6.45) is 1.68. The van der Waals surface area contributed by atoms with Gasteiger partial charge in [0.1, 0.15) is 5.76 Å². The van der Waals surface area contributed by atoms with Crippen LogP contribution < -0.4 is 5.32 Å². The Kier molecular flexibility index (Phi) is 5.91. The Morgan fingerprint density at radius 2 is 2.00 bits per heavy atom. The van der Waals surface area contributed by atoms with Gasteiger partial charge in [-0.1, -0.05) is 35.5 Å². The Labute approximate surface area is 135 Å². The molecule has 0 aliphatic carbocycles. The van der Waals surface area contributed by atoms with Gasteiger partial charge >= 0.3 is 0 Å². The molecule has 6 heteroatoms. The lowest BCUT2D eigenvalue weighted by molar-refractivity contribution is -0.132. The van der Waals surface area contributed by atoms with Crippen LogP contribution in [0.4, 0.5) is 5.82 Å². The molecule has 0 fully saturated rings. The molecule has 23 heavy (non-hydrogen) atoms. The third-order valence-corrected chi connectivity index (χ3v) is 3.41. The normalized spacial score (nSPS) is 10.3. The van der Waals surface area contributed by atoms with E-state index in [-0.39, 0.29) is 18.4 Å². The first kappa shape index (κ1) is 16.7. The summed E-state index contributed by atoms with van der Waals surface area (Å²) in [5, 5.41) is 6.32. The van der Waals surface area contributed by atoms with E-state index in [1.54, 1.807) is 13.0 Å². The number of aryl methyl sites for hydroxylation is 2. The van der Waals surface area contributed by atoms with Gasteiger partial charge in [0, 0.05) is 19.5 Å². The molecule has 6 nitrogen and oxygen atoms in total. The van der Waals surface area contributed by atoms with Gasteiger partial charge in [0.15, 0.2) is 5.82 Å². The fraction of sp³-hybridized carbons (Fsp3) is 0.353. The summed E-state index contributed by atoms with van der Waals surface area (Å²) in [6, 6.07) is 11.7. The van der Waals surface area contributed by atoms with Gasteiger partial charge in [0.05, 0.1) is 6.54 Å². The molecule has 0 saturated carbocycles. The highest BCUT2D eigenvalue weighted by Crippen LogP contribution is 2.08. The third-order valence-electron chi connectivity index (χ3n) is 3.41. The molecule has 0 saturated heterocycles. The number of benzene rings is 1. The molecule has 1 N–H and O–H groups in total. The smallest absolute Gasteiger partial charge is 0.245 e. The molecule has 122 valence electrons. The van der Waals surface area contributed by atoms with Gasteiger partial charge in [-0.3, -0.25) is 9.59 Å². The first-order chi connectivity index (χ1) is 11.0. The summed E-state index contributed by atoms with van der Waals surface area (Å²) < 4.78 is 4.89. The molecule has 0 atom stereocenters. The summed E-state index contributed by atoms with van der Waals surface area (Å²) in [5.41, 5.74) is 1.22. The molecule has 1 aromatic carbocycles. The van der Waals surface area contributed by atoms with Gasteiger partial charge < -0.3 is 14.7 Å². The van der Waals surface area contributed by atoms with E-state index >= 15 is 0 Å². The van der Waals surface area contributed by atoms with Crippen molar-refractivity contribution in [3.05, 3.63) is 47.7 Å². The fourth-order valence-corrected chi connectivity index (χ4v) is 2.25. The molecular weight excluding hydrogens is 294 g/mol. The van der Waals surface area contributed by atoms with Crippen LogP contribution in [0.5, 0.6) is 0 Å². The largest absolute Gasteiger partial charge is 0.360 e. The van der Waals surface area contributed by atoms with Crippen LogP contribution >= 0.6 is 0 Å². The highest BCUT2D eigenvalue weighted by atomic mass is 16.5. The highest BCUT2D eigenvalue weighted by molar-refractivity contribution is 5.93. The second-order valence-electron chi connectivity index (χ2n) is 5.40. The van der Waals surface area contributed by atoms with E-state index in [4.69, 9.17) is 4.52 Å². The lowest BCUT2D eigenvalue weighted by Crippen LogP contribution is -2.37. The number of aromatic nitrogens is 1. The number of carbonyl (C=O) groups excluding carboxylic acids is 2. The standard InChI is InChI=1S/C17H21N3O3/c1-13-11-16(19-23-13)18-17(22)12-20(14(2)21)10-6-9-15-7-4-3-5-8-15/h3-5,7-8,11H,6,9-10,12H2,1-2H3,(H,18,19,22). The van der Waals surface area contributed by atoms with E-state index < -0.39 is 0 Å². The van der Waals surface area contributed by atoms with E-state index in [1.165, 1.54) is 17.4 Å². The number of hydrogen-bond donors (Lipinski definition) is 1. The summed E-state index contributed by atoms with van der Waals surface area (Å²) >= 11 is 0. The van der Waals surface area contributed by atoms with E-state index in [9.17, 15) is 9.59 Å². The van der Waals surface area contributed by atoms with Crippen LogP contribution in [0, 0.1) is 6.92 Å². The van der Waals surface area contributed by atoms with Crippen molar-refractivity contribution in [3.8, 4) is 0 Å². The molecule has 0 spiro atoms. The van der Waals surface area contributed by atoms with Crippen LogP contribution in [-0.4, -0.2) is 35.0 Å². The Hall–Kier alpha value is -2.63. The topological polar surface area (TPSA) is 75.4 Å². The van der Waals surface area contributed by atoms with Gasteiger partial charge in [-0.25, -0.2) is 0 Å². The molecule has 2 rings (SSSR count). The Morgan fingerprint density at radius 3 is 2.61 bits per heavy atom. The summed E-state index contributed by atoms with van der Waals surface area (Å²) in [6.45, 7) is 3.76. The third kappa shape index (κ3) is 5.58. The van der Waals surface area contributed by atoms with Crippen LogP contribution in [0.15, 0.2) is 40.9 Å². The number of anilines is 1. The zero-order chi connectivity index (χ0) is 16.7. The van der Waals surface area contributed by atoms with Gasteiger partial charge in [-0.2, -0.15) is 0 Å². The number of rotatable bonds is 7. The van der Waals surface area contributed by atoms with Gasteiger partial charge in [0.2, 0.25) is 11.8 Å². The molecule has 0 radical (unpaired) electrons. The molecule has 1 aromatic heterocycles. The first-order valence-corrected chi connectivity index (χ1v) is 7.57. The zero-order valence-corrected chi connectivity index (χ0v) is 13.4. The van der Waals surface area contributed by atoms with E-state index in [1.807, 2.05) is 18.2 Å². The Bertz CT molecular complexity index is 652. The van der Waals surface area contributed by atoms with Crippen molar-refractivity contribution in [2.24, 2.45) is 0 Å². The molecule has 0 bridgehead atoms. The monoisotopic (exact) mass is 315 g/mol. The molecule has 0 aliphatic heterocycles. The zero-order valence-electron chi connectivity index (χ0n) is 13.4.